The fourth-order valence-corrected chi connectivity index (χ4v) is 2.78. The van der Waals surface area contributed by atoms with Gasteiger partial charge in [-0.15, -0.1) is 0 Å². The van der Waals surface area contributed by atoms with Crippen LogP contribution in [0.2, 0.25) is 0 Å². The summed E-state index contributed by atoms with van der Waals surface area (Å²) < 4.78 is 13.7. The highest BCUT2D eigenvalue weighted by Crippen LogP contribution is 2.17. The Morgan fingerprint density at radius 2 is 1.92 bits per heavy atom. The number of nitrogens with zero attached hydrogens (tertiary/aromatic N) is 1. The van der Waals surface area contributed by atoms with Crippen LogP contribution in [0.25, 0.3) is 0 Å². The van der Waals surface area contributed by atoms with Gasteiger partial charge in [0, 0.05) is 36.5 Å². The van der Waals surface area contributed by atoms with Crippen LogP contribution in [0.4, 0.5) is 10.1 Å². The standard InChI is InChI=1S/C20H21FN2O/c1-15-6-8-18(9-7-15)22-20(24)16-10-12-23(13-11-16)14-17-4-2-3-5-19(17)21/h2-10H,11-14H2,1H3,(H,22,24). The Morgan fingerprint density at radius 1 is 1.17 bits per heavy atom. The zero-order valence-electron chi connectivity index (χ0n) is 13.8. The first-order valence-corrected chi connectivity index (χ1v) is 8.14. The Kier molecular flexibility index (Phi) is 5.06. The third kappa shape index (κ3) is 4.09. The lowest BCUT2D eigenvalue weighted by molar-refractivity contribution is -0.113. The van der Waals surface area contributed by atoms with Crippen molar-refractivity contribution in [3.63, 3.8) is 0 Å². The molecule has 0 saturated carbocycles. The van der Waals surface area contributed by atoms with Gasteiger partial charge in [0.05, 0.1) is 0 Å². The zero-order valence-corrected chi connectivity index (χ0v) is 13.8. The minimum absolute atomic E-state index is 0.0515. The normalized spacial score (nSPS) is 15.0. The molecule has 0 fully saturated rings. The zero-order chi connectivity index (χ0) is 16.9. The second-order valence-corrected chi connectivity index (χ2v) is 6.13. The fraction of sp³-hybridized carbons (Fsp3) is 0.250. The first-order chi connectivity index (χ1) is 11.6. The number of aryl methyl sites for hydroxylation is 1. The van der Waals surface area contributed by atoms with E-state index in [1.165, 1.54) is 6.07 Å². The van der Waals surface area contributed by atoms with Gasteiger partial charge in [-0.1, -0.05) is 42.0 Å². The molecule has 124 valence electrons. The summed E-state index contributed by atoms with van der Waals surface area (Å²) in [5, 5.41) is 2.93. The molecular weight excluding hydrogens is 303 g/mol. The lowest BCUT2D eigenvalue weighted by Gasteiger charge is -2.26. The lowest BCUT2D eigenvalue weighted by Crippen LogP contribution is -2.31. The van der Waals surface area contributed by atoms with Gasteiger partial charge in [0.2, 0.25) is 0 Å². The van der Waals surface area contributed by atoms with E-state index < -0.39 is 0 Å². The Hall–Kier alpha value is -2.46. The molecule has 1 aliphatic rings. The van der Waals surface area contributed by atoms with Crippen LogP contribution >= 0.6 is 0 Å². The highest BCUT2D eigenvalue weighted by Gasteiger charge is 2.18. The van der Waals surface area contributed by atoms with Crippen LogP contribution in [0, 0.1) is 12.7 Å². The van der Waals surface area contributed by atoms with E-state index in [0.717, 1.165) is 23.4 Å². The second-order valence-electron chi connectivity index (χ2n) is 6.13. The lowest BCUT2D eigenvalue weighted by atomic mass is 10.1. The predicted octanol–water partition coefficient (Wildman–Crippen LogP) is 3.90. The summed E-state index contributed by atoms with van der Waals surface area (Å²) in [5.74, 6) is -0.228. The molecular formula is C20H21FN2O. The monoisotopic (exact) mass is 324 g/mol. The summed E-state index contributed by atoms with van der Waals surface area (Å²) in [4.78, 5) is 14.5. The molecule has 1 N–H and O–H groups in total. The van der Waals surface area contributed by atoms with E-state index in [4.69, 9.17) is 0 Å². The molecule has 3 rings (SSSR count). The summed E-state index contributed by atoms with van der Waals surface area (Å²) >= 11 is 0. The van der Waals surface area contributed by atoms with Gasteiger partial charge < -0.3 is 5.32 Å². The molecule has 0 aromatic heterocycles. The van der Waals surface area contributed by atoms with E-state index in [1.807, 2.05) is 43.3 Å². The Bertz CT molecular complexity index is 752. The average Bonchev–Trinajstić information content (AvgIpc) is 2.59. The van der Waals surface area contributed by atoms with Gasteiger partial charge in [-0.3, -0.25) is 9.69 Å². The van der Waals surface area contributed by atoms with E-state index in [0.29, 0.717) is 25.1 Å². The van der Waals surface area contributed by atoms with Crippen LogP contribution in [-0.4, -0.2) is 23.9 Å². The highest BCUT2D eigenvalue weighted by molar-refractivity contribution is 6.03. The van der Waals surface area contributed by atoms with Gasteiger partial charge >= 0.3 is 0 Å². The van der Waals surface area contributed by atoms with Crippen LogP contribution in [0.5, 0.6) is 0 Å². The molecule has 0 unspecified atom stereocenters. The third-order valence-corrected chi connectivity index (χ3v) is 4.25. The molecule has 2 aromatic rings. The number of carbonyl (C=O) groups is 1. The summed E-state index contributed by atoms with van der Waals surface area (Å²) in [5.41, 5.74) is 3.45. The molecule has 1 heterocycles. The van der Waals surface area contributed by atoms with Crippen molar-refractivity contribution in [2.24, 2.45) is 0 Å². The van der Waals surface area contributed by atoms with E-state index in [1.54, 1.807) is 12.1 Å². The van der Waals surface area contributed by atoms with Gasteiger partial charge in [0.1, 0.15) is 5.82 Å². The first kappa shape index (κ1) is 16.4. The van der Waals surface area contributed by atoms with Crippen LogP contribution in [0.1, 0.15) is 17.5 Å². The number of carbonyl (C=O) groups excluding carboxylic acids is 1. The fourth-order valence-electron chi connectivity index (χ4n) is 2.78. The first-order valence-electron chi connectivity index (χ1n) is 8.14. The molecule has 0 bridgehead atoms. The molecule has 0 saturated heterocycles. The van der Waals surface area contributed by atoms with Gasteiger partial charge in [-0.25, -0.2) is 4.39 Å². The predicted molar refractivity (Wildman–Crippen MR) is 94.2 cm³/mol. The SMILES string of the molecule is Cc1ccc(NC(=O)C2=CCN(Cc3ccccc3F)CC2)cc1. The molecule has 4 heteroatoms. The molecule has 24 heavy (non-hydrogen) atoms. The number of benzene rings is 2. The minimum atomic E-state index is -0.176. The largest absolute Gasteiger partial charge is 0.322 e. The summed E-state index contributed by atoms with van der Waals surface area (Å²) in [7, 11) is 0. The number of anilines is 1. The third-order valence-electron chi connectivity index (χ3n) is 4.25. The Morgan fingerprint density at radius 3 is 2.58 bits per heavy atom. The van der Waals surface area contributed by atoms with Crippen molar-refractivity contribution < 1.29 is 9.18 Å². The van der Waals surface area contributed by atoms with Crippen molar-refractivity contribution in [1.29, 1.82) is 0 Å². The van der Waals surface area contributed by atoms with Crippen molar-refractivity contribution in [2.75, 3.05) is 18.4 Å². The highest BCUT2D eigenvalue weighted by atomic mass is 19.1. The van der Waals surface area contributed by atoms with Gasteiger partial charge in [-0.05, 0) is 31.5 Å². The summed E-state index contributed by atoms with van der Waals surface area (Å²) in [6.07, 6.45) is 2.61. The van der Waals surface area contributed by atoms with Crippen LogP contribution in [0.3, 0.4) is 0 Å². The summed E-state index contributed by atoms with van der Waals surface area (Å²) in [6, 6.07) is 14.6. The van der Waals surface area contributed by atoms with E-state index in [2.05, 4.69) is 10.2 Å². The minimum Gasteiger partial charge on any atom is -0.322 e. The molecule has 2 aromatic carbocycles. The van der Waals surface area contributed by atoms with E-state index >= 15 is 0 Å². The van der Waals surface area contributed by atoms with Gasteiger partial charge in [-0.2, -0.15) is 0 Å². The summed E-state index contributed by atoms with van der Waals surface area (Å²) in [6.45, 7) is 3.99. The molecule has 1 amide bonds. The molecule has 0 atom stereocenters. The maximum Gasteiger partial charge on any atom is 0.251 e. The molecule has 3 nitrogen and oxygen atoms in total. The van der Waals surface area contributed by atoms with Crippen molar-refractivity contribution in [2.45, 2.75) is 19.9 Å². The molecule has 1 aliphatic heterocycles. The van der Waals surface area contributed by atoms with Crippen LogP contribution in [0.15, 0.2) is 60.2 Å². The van der Waals surface area contributed by atoms with Crippen molar-refractivity contribution in [1.82, 2.24) is 4.90 Å². The smallest absolute Gasteiger partial charge is 0.251 e. The second kappa shape index (κ2) is 7.41. The Labute approximate surface area is 141 Å². The van der Waals surface area contributed by atoms with E-state index in [-0.39, 0.29) is 11.7 Å². The van der Waals surface area contributed by atoms with Crippen molar-refractivity contribution in [3.05, 3.63) is 77.1 Å². The van der Waals surface area contributed by atoms with Crippen LogP contribution < -0.4 is 5.32 Å². The molecule has 0 spiro atoms. The number of amides is 1. The number of hydrogen-bond acceptors (Lipinski definition) is 2. The number of hydrogen-bond donors (Lipinski definition) is 1. The quantitative estimate of drug-likeness (QED) is 0.925. The molecule has 0 radical (unpaired) electrons. The number of halogens is 1. The Balaban J connectivity index is 1.57. The van der Waals surface area contributed by atoms with Crippen molar-refractivity contribution >= 4 is 11.6 Å². The maximum absolute atomic E-state index is 13.7. The van der Waals surface area contributed by atoms with Crippen molar-refractivity contribution in [3.8, 4) is 0 Å². The number of rotatable bonds is 4. The van der Waals surface area contributed by atoms with Crippen LogP contribution in [-0.2, 0) is 11.3 Å². The number of nitrogens with one attached hydrogen (secondary N) is 1. The van der Waals surface area contributed by atoms with Gasteiger partial charge in [0.25, 0.3) is 5.91 Å². The topological polar surface area (TPSA) is 32.3 Å². The average molecular weight is 324 g/mol. The maximum atomic E-state index is 13.7. The van der Waals surface area contributed by atoms with Gasteiger partial charge in [0.15, 0.2) is 0 Å². The van der Waals surface area contributed by atoms with E-state index in [9.17, 15) is 9.18 Å². The molecule has 0 aliphatic carbocycles.